The Labute approximate surface area is 155 Å². The van der Waals surface area contributed by atoms with Crippen molar-refractivity contribution in [3.05, 3.63) is 29.0 Å². The molecular formula is C16H21ClFN7O. The van der Waals surface area contributed by atoms with E-state index in [4.69, 9.17) is 23.1 Å². The van der Waals surface area contributed by atoms with E-state index in [-0.39, 0.29) is 35.3 Å². The van der Waals surface area contributed by atoms with E-state index in [2.05, 4.69) is 20.9 Å². The van der Waals surface area contributed by atoms with E-state index in [1.54, 1.807) is 5.01 Å². The molecule has 26 heavy (non-hydrogen) atoms. The van der Waals surface area contributed by atoms with Crippen molar-refractivity contribution in [2.45, 2.75) is 37.8 Å². The van der Waals surface area contributed by atoms with Crippen molar-refractivity contribution in [2.75, 3.05) is 6.67 Å². The number of hydrogen-bond donors (Lipinski definition) is 4. The normalized spacial score (nSPS) is 25.0. The number of aliphatic imine (C=N–C) groups is 1. The second-order valence-corrected chi connectivity index (χ2v) is 6.69. The van der Waals surface area contributed by atoms with Crippen molar-refractivity contribution in [3.63, 3.8) is 0 Å². The molecule has 2 aliphatic rings. The molecule has 0 radical (unpaired) electrons. The summed E-state index contributed by atoms with van der Waals surface area (Å²) in [4.78, 5) is 16.2. The third-order valence-electron chi connectivity index (χ3n) is 4.40. The lowest BCUT2D eigenvalue weighted by atomic mass is 9.91. The lowest BCUT2D eigenvalue weighted by molar-refractivity contribution is -0.111. The van der Waals surface area contributed by atoms with Crippen LogP contribution in [0.15, 0.2) is 28.3 Å². The van der Waals surface area contributed by atoms with E-state index in [0.717, 1.165) is 25.7 Å². The second kappa shape index (κ2) is 7.98. The first-order valence-electron chi connectivity index (χ1n) is 8.39. The monoisotopic (exact) mass is 381 g/mol. The van der Waals surface area contributed by atoms with Gasteiger partial charge in [-0.3, -0.25) is 15.2 Å². The van der Waals surface area contributed by atoms with Gasteiger partial charge in [-0.15, -0.1) is 0 Å². The van der Waals surface area contributed by atoms with Gasteiger partial charge in [0, 0.05) is 12.1 Å². The molecule has 0 spiro atoms. The fourth-order valence-electron chi connectivity index (χ4n) is 3.02. The molecule has 1 fully saturated rings. The van der Waals surface area contributed by atoms with Gasteiger partial charge in [-0.2, -0.15) is 5.10 Å². The molecule has 0 unspecified atom stereocenters. The Hall–Kier alpha value is -2.23. The van der Waals surface area contributed by atoms with Crippen molar-refractivity contribution < 1.29 is 9.18 Å². The van der Waals surface area contributed by atoms with Crippen LogP contribution in [-0.4, -0.2) is 41.2 Å². The Kier molecular flexibility index (Phi) is 5.70. The van der Waals surface area contributed by atoms with E-state index in [0.29, 0.717) is 5.69 Å². The van der Waals surface area contributed by atoms with Crippen LogP contribution in [-0.2, 0) is 4.79 Å². The van der Waals surface area contributed by atoms with Gasteiger partial charge in [-0.05, 0) is 31.0 Å². The first-order valence-corrected chi connectivity index (χ1v) is 8.77. The highest BCUT2D eigenvalue weighted by Crippen LogP contribution is 2.23. The summed E-state index contributed by atoms with van der Waals surface area (Å²) in [5.41, 5.74) is 18.0. The van der Waals surface area contributed by atoms with Crippen molar-refractivity contribution in [2.24, 2.45) is 21.6 Å². The zero-order valence-electron chi connectivity index (χ0n) is 14.1. The Bertz CT molecular complexity index is 754. The molecule has 2 atom stereocenters. The third kappa shape index (κ3) is 4.12. The lowest BCUT2D eigenvalue weighted by Crippen LogP contribution is -2.61. The summed E-state index contributed by atoms with van der Waals surface area (Å²) in [5.74, 6) is -1.05. The molecular weight excluding hydrogens is 361 g/mol. The maximum absolute atomic E-state index is 13.4. The summed E-state index contributed by atoms with van der Waals surface area (Å²) in [5, 5.41) is 5.54. The summed E-state index contributed by atoms with van der Waals surface area (Å²) in [6, 6.07) is 4.08. The lowest BCUT2D eigenvalue weighted by Gasteiger charge is -2.37. The number of hydrogen-bond acceptors (Lipinski definition) is 6. The molecule has 1 aliphatic heterocycles. The molecule has 8 nitrogen and oxygen atoms in total. The minimum absolute atomic E-state index is 0.00107. The Morgan fingerprint density at radius 3 is 2.88 bits per heavy atom. The van der Waals surface area contributed by atoms with Crippen LogP contribution in [0.3, 0.4) is 0 Å². The number of rotatable bonds is 4. The number of hydrazone groups is 1. The number of carbonyl (C=O) groups excluding carboxylic acids is 1. The van der Waals surface area contributed by atoms with Gasteiger partial charge in [-0.25, -0.2) is 14.8 Å². The minimum Gasteiger partial charge on any atom is -0.364 e. The largest absolute Gasteiger partial charge is 0.364 e. The van der Waals surface area contributed by atoms with E-state index in [1.165, 1.54) is 18.2 Å². The van der Waals surface area contributed by atoms with Gasteiger partial charge >= 0.3 is 0 Å². The summed E-state index contributed by atoms with van der Waals surface area (Å²) >= 11 is 5.82. The molecule has 0 bridgehead atoms. The highest BCUT2D eigenvalue weighted by atomic mass is 35.5. The first-order chi connectivity index (χ1) is 12.5. The Morgan fingerprint density at radius 2 is 2.19 bits per heavy atom. The van der Waals surface area contributed by atoms with E-state index >= 15 is 0 Å². The first kappa shape index (κ1) is 18.6. The van der Waals surface area contributed by atoms with Crippen LogP contribution < -0.4 is 22.3 Å². The summed E-state index contributed by atoms with van der Waals surface area (Å²) in [6.07, 6.45) is 4.01. The Balaban J connectivity index is 1.91. The average molecular weight is 382 g/mol. The van der Waals surface area contributed by atoms with Crippen LogP contribution in [0.2, 0.25) is 5.02 Å². The number of nitrogens with one attached hydrogen (secondary N) is 2. The smallest absolute Gasteiger partial charge is 0.273 e. The highest BCUT2D eigenvalue weighted by Gasteiger charge is 2.30. The zero-order valence-corrected chi connectivity index (χ0v) is 14.8. The standard InChI is InChI=1S/C16H21ClFN7O/c17-10-7-9(5-6-11(10)18)22-16-14(15(20)26)23-21-8-25(16)24-13-4-2-1-3-12(13)19/h5-7,12-13,21,24H,1-4,8,19H2,(H2,20,26)/t12-,13+/m0/s1. The number of amidine groups is 1. The van der Waals surface area contributed by atoms with Crippen molar-refractivity contribution in [3.8, 4) is 0 Å². The number of benzene rings is 1. The van der Waals surface area contributed by atoms with Crippen molar-refractivity contribution in [1.29, 1.82) is 0 Å². The van der Waals surface area contributed by atoms with Gasteiger partial charge in [0.05, 0.1) is 10.7 Å². The third-order valence-corrected chi connectivity index (χ3v) is 4.69. The molecule has 1 aromatic rings. The number of nitrogens with two attached hydrogens (primary N) is 2. The quantitative estimate of drug-likeness (QED) is 0.619. The summed E-state index contributed by atoms with van der Waals surface area (Å²) in [7, 11) is 0. The van der Waals surface area contributed by atoms with Crippen molar-refractivity contribution in [1.82, 2.24) is 15.9 Å². The fraction of sp³-hybridized carbons (Fsp3) is 0.438. The molecule has 1 aromatic carbocycles. The topological polar surface area (TPSA) is 121 Å². The molecule has 1 heterocycles. The molecule has 1 amide bonds. The molecule has 0 saturated heterocycles. The van der Waals surface area contributed by atoms with Gasteiger partial charge < -0.3 is 11.5 Å². The number of halogens is 2. The SMILES string of the molecule is NC(=O)C1=NNCN(N[C@@H]2CCCC[C@@H]2N)C1=Nc1ccc(F)c(Cl)c1. The van der Waals surface area contributed by atoms with Crippen molar-refractivity contribution >= 4 is 34.7 Å². The van der Waals surface area contributed by atoms with Gasteiger partial charge in [0.1, 0.15) is 12.5 Å². The van der Waals surface area contributed by atoms with Gasteiger partial charge in [-0.1, -0.05) is 24.4 Å². The van der Waals surface area contributed by atoms with Gasteiger partial charge in [0.25, 0.3) is 5.91 Å². The number of amides is 1. The number of nitrogens with zero attached hydrogens (tertiary/aromatic N) is 3. The molecule has 1 saturated carbocycles. The summed E-state index contributed by atoms with van der Waals surface area (Å²) < 4.78 is 13.4. The van der Waals surface area contributed by atoms with E-state index < -0.39 is 11.7 Å². The summed E-state index contributed by atoms with van der Waals surface area (Å²) in [6.45, 7) is 0.272. The minimum atomic E-state index is -0.732. The van der Waals surface area contributed by atoms with Crippen LogP contribution in [0.1, 0.15) is 25.7 Å². The number of hydrazine groups is 1. The van der Waals surface area contributed by atoms with E-state index in [1.807, 2.05) is 0 Å². The van der Waals surface area contributed by atoms with Crippen LogP contribution in [0.25, 0.3) is 0 Å². The molecule has 0 aromatic heterocycles. The molecule has 140 valence electrons. The highest BCUT2D eigenvalue weighted by molar-refractivity contribution is 6.66. The van der Waals surface area contributed by atoms with Gasteiger partial charge in [0.2, 0.25) is 0 Å². The van der Waals surface area contributed by atoms with Crippen LogP contribution in [0, 0.1) is 5.82 Å². The number of carbonyl (C=O) groups is 1. The van der Waals surface area contributed by atoms with Crippen LogP contribution >= 0.6 is 11.6 Å². The number of primary amides is 1. The predicted octanol–water partition coefficient (Wildman–Crippen LogP) is 0.988. The molecule has 3 rings (SSSR count). The van der Waals surface area contributed by atoms with E-state index in [9.17, 15) is 9.18 Å². The fourth-order valence-corrected chi connectivity index (χ4v) is 3.19. The van der Waals surface area contributed by atoms with Crippen LogP contribution in [0.5, 0.6) is 0 Å². The maximum atomic E-state index is 13.4. The molecule has 6 N–H and O–H groups in total. The predicted molar refractivity (Wildman–Crippen MR) is 98.3 cm³/mol. The second-order valence-electron chi connectivity index (χ2n) is 6.29. The van der Waals surface area contributed by atoms with Crippen LogP contribution in [0.4, 0.5) is 10.1 Å². The van der Waals surface area contributed by atoms with Gasteiger partial charge in [0.15, 0.2) is 11.5 Å². The average Bonchev–Trinajstić information content (AvgIpc) is 2.61. The molecule has 10 heteroatoms. The Morgan fingerprint density at radius 1 is 1.42 bits per heavy atom. The maximum Gasteiger partial charge on any atom is 0.273 e. The molecule has 1 aliphatic carbocycles. The zero-order chi connectivity index (χ0) is 18.7.